The Balaban J connectivity index is 0.000000396. The molecule has 146 valence electrons. The third kappa shape index (κ3) is 1.94. The standard InChI is InChI=1S/C20H28N2.2C2H6/c1-8-4-5-11-12(6-8)17-16(11)18(21)20(17)22-7-13-14-9(2)10(3)15(14)19(13)22;2*1-2/h8,11-17,19H,4-7,21H2,1-3H3;2*1-2H3/t8?,11-,12+,13+,14?,15?,16?,17?,19+;;/m0../s1. The number of allylic oxidation sites excluding steroid dienone is 3. The van der Waals surface area contributed by atoms with Crippen molar-refractivity contribution in [2.75, 3.05) is 6.54 Å². The SMILES string of the molecule is CC.CC.CC1=C(C)C2C1[C@H]1CN(C3=C(N)C4C3[C@@H]3CC(C)CC[C@H]43)[C@@H]21. The lowest BCUT2D eigenvalue weighted by atomic mass is 9.40. The number of nitrogens with two attached hydrogens (primary N) is 1. The van der Waals surface area contributed by atoms with E-state index in [2.05, 4.69) is 25.7 Å². The van der Waals surface area contributed by atoms with E-state index in [1.165, 1.54) is 31.5 Å². The van der Waals surface area contributed by atoms with Gasteiger partial charge < -0.3 is 10.6 Å². The van der Waals surface area contributed by atoms with E-state index >= 15 is 0 Å². The van der Waals surface area contributed by atoms with Crippen molar-refractivity contribution < 1.29 is 0 Å². The lowest BCUT2D eigenvalue weighted by Gasteiger charge is -2.75. The van der Waals surface area contributed by atoms with Crippen LogP contribution in [0.1, 0.15) is 67.7 Å². The maximum absolute atomic E-state index is 6.58. The Morgan fingerprint density at radius 3 is 2.15 bits per heavy atom. The minimum atomic E-state index is 0.780. The first-order valence-electron chi connectivity index (χ1n) is 11.5. The van der Waals surface area contributed by atoms with Gasteiger partial charge in [-0.25, -0.2) is 0 Å². The summed E-state index contributed by atoms with van der Waals surface area (Å²) in [6.07, 6.45) is 4.35. The molecule has 0 bridgehead atoms. The van der Waals surface area contributed by atoms with Gasteiger partial charge in [0.1, 0.15) is 0 Å². The fourth-order valence-electron chi connectivity index (χ4n) is 7.59. The minimum Gasteiger partial charge on any atom is -0.400 e. The Labute approximate surface area is 161 Å². The molecule has 6 aliphatic rings. The second-order valence-corrected chi connectivity index (χ2v) is 9.36. The van der Waals surface area contributed by atoms with Crippen molar-refractivity contribution in [1.82, 2.24) is 4.90 Å². The molecule has 0 spiro atoms. The predicted octanol–water partition coefficient (Wildman–Crippen LogP) is 5.42. The highest BCUT2D eigenvalue weighted by atomic mass is 15.3. The Bertz CT molecular complexity index is 645. The van der Waals surface area contributed by atoms with Crippen LogP contribution >= 0.6 is 0 Å². The number of rotatable bonds is 1. The van der Waals surface area contributed by atoms with Crippen LogP contribution in [-0.4, -0.2) is 17.5 Å². The Kier molecular flexibility index (Phi) is 4.48. The molecule has 1 heterocycles. The minimum absolute atomic E-state index is 0.780. The van der Waals surface area contributed by atoms with Gasteiger partial charge in [0, 0.05) is 47.7 Å². The number of fused-ring (bicyclic) bond motifs is 8. The Morgan fingerprint density at radius 2 is 1.46 bits per heavy atom. The van der Waals surface area contributed by atoms with Gasteiger partial charge in [-0.05, 0) is 50.4 Å². The average Bonchev–Trinajstić information content (AvgIpc) is 2.64. The van der Waals surface area contributed by atoms with Gasteiger partial charge in [0.15, 0.2) is 0 Å². The van der Waals surface area contributed by atoms with Crippen LogP contribution in [0.3, 0.4) is 0 Å². The van der Waals surface area contributed by atoms with Crippen molar-refractivity contribution in [3.8, 4) is 0 Å². The van der Waals surface area contributed by atoms with E-state index in [0.717, 1.165) is 53.4 Å². The maximum Gasteiger partial charge on any atom is 0.0409 e. The van der Waals surface area contributed by atoms with Crippen molar-refractivity contribution in [2.45, 2.75) is 73.8 Å². The molecule has 5 unspecified atom stereocenters. The van der Waals surface area contributed by atoms with E-state index < -0.39 is 0 Å². The quantitative estimate of drug-likeness (QED) is 0.636. The zero-order valence-electron chi connectivity index (χ0n) is 18.0. The summed E-state index contributed by atoms with van der Waals surface area (Å²) < 4.78 is 0. The molecule has 2 nitrogen and oxygen atoms in total. The summed E-state index contributed by atoms with van der Waals surface area (Å²) in [6.45, 7) is 16.5. The lowest BCUT2D eigenvalue weighted by molar-refractivity contribution is -0.166. The fourth-order valence-corrected chi connectivity index (χ4v) is 7.59. The van der Waals surface area contributed by atoms with Gasteiger partial charge in [-0.2, -0.15) is 0 Å². The molecule has 2 N–H and O–H groups in total. The summed E-state index contributed by atoms with van der Waals surface area (Å²) in [4.78, 5) is 2.76. The fraction of sp³-hybridized carbons (Fsp3) is 0.833. The van der Waals surface area contributed by atoms with Gasteiger partial charge in [-0.1, -0.05) is 52.2 Å². The van der Waals surface area contributed by atoms with Crippen LogP contribution < -0.4 is 5.73 Å². The first kappa shape index (κ1) is 18.4. The van der Waals surface area contributed by atoms with Crippen LogP contribution in [-0.2, 0) is 0 Å². The van der Waals surface area contributed by atoms with Crippen LogP contribution in [0.4, 0.5) is 0 Å². The second kappa shape index (κ2) is 6.31. The van der Waals surface area contributed by atoms with Crippen molar-refractivity contribution >= 4 is 0 Å². The van der Waals surface area contributed by atoms with E-state index in [4.69, 9.17) is 5.73 Å². The molecule has 5 aliphatic carbocycles. The number of hydrogen-bond donors (Lipinski definition) is 1. The normalized spacial score (nSPS) is 48.9. The van der Waals surface area contributed by atoms with Gasteiger partial charge in [0.05, 0.1) is 0 Å². The smallest absolute Gasteiger partial charge is 0.0409 e. The third-order valence-electron chi connectivity index (χ3n) is 8.85. The summed E-state index contributed by atoms with van der Waals surface area (Å²) in [5.74, 6) is 7.31. The largest absolute Gasteiger partial charge is 0.400 e. The molecule has 3 saturated carbocycles. The van der Waals surface area contributed by atoms with Crippen LogP contribution in [0, 0.1) is 47.3 Å². The molecule has 0 aromatic heterocycles. The van der Waals surface area contributed by atoms with E-state index in [1.807, 2.05) is 27.7 Å². The summed E-state index contributed by atoms with van der Waals surface area (Å²) in [5, 5.41) is 0. The van der Waals surface area contributed by atoms with Crippen molar-refractivity contribution in [3.63, 3.8) is 0 Å². The van der Waals surface area contributed by atoms with Crippen LogP contribution in [0.5, 0.6) is 0 Å². The van der Waals surface area contributed by atoms with E-state index in [-0.39, 0.29) is 0 Å². The average molecular weight is 357 g/mol. The molecular weight excluding hydrogens is 316 g/mol. The number of likely N-dealkylation sites (tertiary alicyclic amines) is 1. The lowest BCUT2D eigenvalue weighted by Crippen LogP contribution is -2.77. The van der Waals surface area contributed by atoms with Gasteiger partial charge in [0.2, 0.25) is 0 Å². The summed E-state index contributed by atoms with van der Waals surface area (Å²) in [6, 6.07) is 0.836. The molecular formula is C24H40N2. The molecule has 0 radical (unpaired) electrons. The first-order valence-corrected chi connectivity index (χ1v) is 11.5. The van der Waals surface area contributed by atoms with Crippen molar-refractivity contribution in [1.29, 1.82) is 0 Å². The summed E-state index contributed by atoms with van der Waals surface area (Å²) in [5.41, 5.74) is 12.9. The van der Waals surface area contributed by atoms with Crippen LogP contribution in [0.25, 0.3) is 0 Å². The third-order valence-corrected chi connectivity index (χ3v) is 8.85. The summed E-state index contributed by atoms with van der Waals surface area (Å²) >= 11 is 0. The monoisotopic (exact) mass is 356 g/mol. The molecule has 0 aromatic carbocycles. The topological polar surface area (TPSA) is 29.3 Å². The molecule has 0 amide bonds. The van der Waals surface area contributed by atoms with Crippen LogP contribution in [0.2, 0.25) is 0 Å². The molecule has 4 fully saturated rings. The molecule has 26 heavy (non-hydrogen) atoms. The van der Waals surface area contributed by atoms with Gasteiger partial charge >= 0.3 is 0 Å². The molecule has 1 aliphatic heterocycles. The number of nitrogens with zero attached hydrogens (tertiary/aromatic N) is 1. The van der Waals surface area contributed by atoms with Gasteiger partial charge in [-0.3, -0.25) is 0 Å². The maximum atomic E-state index is 6.58. The van der Waals surface area contributed by atoms with Crippen molar-refractivity contribution in [2.24, 2.45) is 53.1 Å². The highest BCUT2D eigenvalue weighted by Gasteiger charge is 2.69. The summed E-state index contributed by atoms with van der Waals surface area (Å²) in [7, 11) is 0. The second-order valence-electron chi connectivity index (χ2n) is 9.36. The molecule has 6 rings (SSSR count). The molecule has 0 aromatic rings. The van der Waals surface area contributed by atoms with Gasteiger partial charge in [-0.15, -0.1) is 0 Å². The zero-order valence-corrected chi connectivity index (χ0v) is 18.0. The molecule has 9 atom stereocenters. The van der Waals surface area contributed by atoms with Crippen LogP contribution in [0.15, 0.2) is 22.5 Å². The highest BCUT2D eigenvalue weighted by molar-refractivity contribution is 5.46. The van der Waals surface area contributed by atoms with Crippen molar-refractivity contribution in [3.05, 3.63) is 22.5 Å². The van der Waals surface area contributed by atoms with E-state index in [0.29, 0.717) is 0 Å². The molecule has 2 heteroatoms. The Hall–Kier alpha value is -0.920. The van der Waals surface area contributed by atoms with Gasteiger partial charge in [0.25, 0.3) is 0 Å². The number of piperidine rings is 1. The highest BCUT2D eigenvalue weighted by Crippen LogP contribution is 2.70. The zero-order chi connectivity index (χ0) is 18.9. The van der Waals surface area contributed by atoms with E-state index in [9.17, 15) is 0 Å². The molecule has 1 saturated heterocycles. The van der Waals surface area contributed by atoms with E-state index in [1.54, 1.807) is 16.8 Å². The number of hydrogen-bond acceptors (Lipinski definition) is 2. The first-order chi connectivity index (χ1) is 12.6. The Morgan fingerprint density at radius 1 is 0.808 bits per heavy atom. The predicted molar refractivity (Wildman–Crippen MR) is 110 cm³/mol.